The van der Waals surface area contributed by atoms with Crippen LogP contribution in [0.2, 0.25) is 0 Å². The molecule has 0 unspecified atom stereocenters. The Labute approximate surface area is 189 Å². The number of aryl methyl sites for hydroxylation is 3. The molecule has 0 radical (unpaired) electrons. The third-order valence-electron chi connectivity index (χ3n) is 5.45. The summed E-state index contributed by atoms with van der Waals surface area (Å²) in [6, 6.07) is 11.5. The van der Waals surface area contributed by atoms with Gasteiger partial charge in [0.15, 0.2) is 11.5 Å². The number of aromatic nitrogens is 1. The highest BCUT2D eigenvalue weighted by Crippen LogP contribution is 2.39. The minimum absolute atomic E-state index is 0.324. The van der Waals surface area contributed by atoms with Gasteiger partial charge in [0.05, 0.1) is 33.6 Å². The zero-order valence-electron chi connectivity index (χ0n) is 19.5. The lowest BCUT2D eigenvalue weighted by molar-refractivity contribution is 0.251. The van der Waals surface area contributed by atoms with Crippen molar-refractivity contribution >= 4 is 11.7 Å². The lowest BCUT2D eigenvalue weighted by Gasteiger charge is -2.16. The molecule has 0 spiro atoms. The van der Waals surface area contributed by atoms with Crippen molar-refractivity contribution in [2.75, 3.05) is 26.6 Å². The second-order valence-electron chi connectivity index (χ2n) is 7.73. The van der Waals surface area contributed by atoms with E-state index < -0.39 is 0 Å². The van der Waals surface area contributed by atoms with Crippen molar-refractivity contribution in [2.45, 2.75) is 33.9 Å². The number of ether oxygens (including phenoxy) is 3. The molecular weight excluding hydrogens is 406 g/mol. The Bertz CT molecular complexity index is 1060. The molecule has 3 aromatic rings. The maximum atomic E-state index is 12.5. The molecule has 0 aliphatic rings. The van der Waals surface area contributed by atoms with Crippen molar-refractivity contribution in [2.24, 2.45) is 0 Å². The minimum atomic E-state index is -0.324. The Balaban J connectivity index is 1.68. The van der Waals surface area contributed by atoms with E-state index in [4.69, 9.17) is 14.2 Å². The van der Waals surface area contributed by atoms with Crippen LogP contribution in [0.3, 0.4) is 0 Å². The van der Waals surface area contributed by atoms with E-state index in [1.54, 1.807) is 12.1 Å². The molecule has 1 heterocycles. The number of nitrogens with one attached hydrogen (secondary N) is 2. The number of methoxy groups -OCH3 is 3. The maximum Gasteiger partial charge on any atom is 0.319 e. The van der Waals surface area contributed by atoms with Gasteiger partial charge in [-0.05, 0) is 49.6 Å². The molecule has 7 nitrogen and oxygen atoms in total. The zero-order valence-corrected chi connectivity index (χ0v) is 19.5. The van der Waals surface area contributed by atoms with Crippen LogP contribution in [0.5, 0.6) is 17.2 Å². The molecule has 2 aromatic carbocycles. The highest BCUT2D eigenvalue weighted by Gasteiger charge is 2.15. The number of urea groups is 1. The maximum absolute atomic E-state index is 12.5. The van der Waals surface area contributed by atoms with E-state index in [1.807, 2.05) is 18.3 Å². The number of rotatable bonds is 8. The molecular formula is C25H31N3O4. The molecule has 0 aliphatic carbocycles. The fraction of sp³-hybridized carbons (Fsp3) is 0.320. The Kier molecular flexibility index (Phi) is 7.30. The second-order valence-corrected chi connectivity index (χ2v) is 7.73. The molecule has 32 heavy (non-hydrogen) atoms. The smallest absolute Gasteiger partial charge is 0.319 e. The van der Waals surface area contributed by atoms with Crippen LogP contribution in [0.1, 0.15) is 27.9 Å². The van der Waals surface area contributed by atoms with Gasteiger partial charge in [0, 0.05) is 30.6 Å². The fourth-order valence-corrected chi connectivity index (χ4v) is 3.89. The van der Waals surface area contributed by atoms with Gasteiger partial charge < -0.3 is 29.4 Å². The van der Waals surface area contributed by atoms with Gasteiger partial charge in [-0.3, -0.25) is 0 Å². The van der Waals surface area contributed by atoms with Gasteiger partial charge in [-0.25, -0.2) is 4.79 Å². The quantitative estimate of drug-likeness (QED) is 0.530. The van der Waals surface area contributed by atoms with Gasteiger partial charge in [0.1, 0.15) is 0 Å². The van der Waals surface area contributed by atoms with E-state index in [-0.39, 0.29) is 6.03 Å². The average Bonchev–Trinajstić information content (AvgIpc) is 3.21. The number of anilines is 1. The standard InChI is InChI=1S/C25H31N3O4/c1-16-10-17(2)21(18(3)11-16)15-28-9-7-8-20(28)14-26-25(29)27-19-12-22(30-4)24(32-6)23(13-19)31-5/h7-13H,14-15H2,1-6H3,(H2,26,27,29). The first-order valence-electron chi connectivity index (χ1n) is 10.4. The van der Waals surface area contributed by atoms with Gasteiger partial charge in [-0.2, -0.15) is 0 Å². The van der Waals surface area contributed by atoms with Gasteiger partial charge in [0.25, 0.3) is 0 Å². The van der Waals surface area contributed by atoms with Crippen LogP contribution < -0.4 is 24.8 Å². The predicted molar refractivity (Wildman–Crippen MR) is 126 cm³/mol. The van der Waals surface area contributed by atoms with Gasteiger partial charge in [0.2, 0.25) is 5.75 Å². The lowest BCUT2D eigenvalue weighted by Crippen LogP contribution is -2.29. The van der Waals surface area contributed by atoms with Crippen LogP contribution in [0.15, 0.2) is 42.6 Å². The Morgan fingerprint density at radius 3 is 2.12 bits per heavy atom. The van der Waals surface area contributed by atoms with E-state index in [0.717, 1.165) is 12.2 Å². The molecule has 7 heteroatoms. The summed E-state index contributed by atoms with van der Waals surface area (Å²) in [7, 11) is 4.61. The largest absolute Gasteiger partial charge is 0.493 e. The van der Waals surface area contributed by atoms with Crippen molar-refractivity contribution < 1.29 is 19.0 Å². The van der Waals surface area contributed by atoms with Crippen LogP contribution >= 0.6 is 0 Å². The van der Waals surface area contributed by atoms with E-state index >= 15 is 0 Å². The Morgan fingerprint density at radius 1 is 0.938 bits per heavy atom. The molecule has 2 amide bonds. The molecule has 0 aliphatic heterocycles. The third kappa shape index (κ3) is 5.17. The summed E-state index contributed by atoms with van der Waals surface area (Å²) in [6.07, 6.45) is 2.03. The average molecular weight is 438 g/mol. The first-order chi connectivity index (χ1) is 15.4. The molecule has 0 saturated carbocycles. The third-order valence-corrected chi connectivity index (χ3v) is 5.45. The summed E-state index contributed by atoms with van der Waals surface area (Å²) in [6.45, 7) is 7.55. The summed E-state index contributed by atoms with van der Waals surface area (Å²) in [5, 5.41) is 5.74. The number of carbonyl (C=O) groups excluding carboxylic acids is 1. The highest BCUT2D eigenvalue weighted by molar-refractivity contribution is 5.90. The summed E-state index contributed by atoms with van der Waals surface area (Å²) < 4.78 is 18.2. The Morgan fingerprint density at radius 2 is 1.56 bits per heavy atom. The van der Waals surface area contributed by atoms with E-state index in [1.165, 1.54) is 43.6 Å². The number of carbonyl (C=O) groups is 1. The van der Waals surface area contributed by atoms with Crippen LogP contribution in [0.25, 0.3) is 0 Å². The SMILES string of the molecule is COc1cc(NC(=O)NCc2cccn2Cc2c(C)cc(C)cc2C)cc(OC)c1OC. The van der Waals surface area contributed by atoms with Crippen LogP contribution in [0.4, 0.5) is 10.5 Å². The summed E-state index contributed by atoms with van der Waals surface area (Å²) >= 11 is 0. The summed E-state index contributed by atoms with van der Waals surface area (Å²) in [5.41, 5.74) is 6.67. The number of hydrogen-bond acceptors (Lipinski definition) is 4. The molecule has 1 aromatic heterocycles. The zero-order chi connectivity index (χ0) is 23.3. The van der Waals surface area contributed by atoms with Crippen molar-refractivity contribution in [1.29, 1.82) is 0 Å². The molecule has 0 fully saturated rings. The van der Waals surface area contributed by atoms with Crippen molar-refractivity contribution in [3.8, 4) is 17.2 Å². The van der Waals surface area contributed by atoms with Crippen LogP contribution in [-0.2, 0) is 13.1 Å². The van der Waals surface area contributed by atoms with Crippen molar-refractivity contribution in [1.82, 2.24) is 9.88 Å². The number of benzene rings is 2. The highest BCUT2D eigenvalue weighted by atomic mass is 16.5. The monoisotopic (exact) mass is 437 g/mol. The molecule has 170 valence electrons. The number of amides is 2. The first kappa shape index (κ1) is 23.1. The molecule has 2 N–H and O–H groups in total. The van der Waals surface area contributed by atoms with Gasteiger partial charge in [-0.15, -0.1) is 0 Å². The molecule has 0 saturated heterocycles. The fourth-order valence-electron chi connectivity index (χ4n) is 3.89. The summed E-state index contributed by atoms with van der Waals surface area (Å²) in [5.74, 6) is 1.42. The van der Waals surface area contributed by atoms with Crippen LogP contribution in [0, 0.1) is 20.8 Å². The van der Waals surface area contributed by atoms with E-state index in [2.05, 4.69) is 48.1 Å². The molecule has 0 atom stereocenters. The topological polar surface area (TPSA) is 73.8 Å². The lowest BCUT2D eigenvalue weighted by atomic mass is 10.00. The number of nitrogens with zero attached hydrogens (tertiary/aromatic N) is 1. The van der Waals surface area contributed by atoms with Gasteiger partial charge >= 0.3 is 6.03 Å². The summed E-state index contributed by atoms with van der Waals surface area (Å²) in [4.78, 5) is 12.5. The van der Waals surface area contributed by atoms with Crippen molar-refractivity contribution in [3.63, 3.8) is 0 Å². The first-order valence-corrected chi connectivity index (χ1v) is 10.4. The van der Waals surface area contributed by atoms with E-state index in [0.29, 0.717) is 29.5 Å². The normalized spacial score (nSPS) is 10.6. The Hall–Kier alpha value is -3.61. The van der Waals surface area contributed by atoms with Crippen LogP contribution in [-0.4, -0.2) is 31.9 Å². The second kappa shape index (κ2) is 10.1. The predicted octanol–water partition coefficient (Wildman–Crippen LogP) is 4.81. The minimum Gasteiger partial charge on any atom is -0.493 e. The molecule has 0 bridgehead atoms. The van der Waals surface area contributed by atoms with Gasteiger partial charge in [-0.1, -0.05) is 17.7 Å². The van der Waals surface area contributed by atoms with Crippen molar-refractivity contribution in [3.05, 3.63) is 70.5 Å². The number of hydrogen-bond donors (Lipinski definition) is 2. The van der Waals surface area contributed by atoms with E-state index in [9.17, 15) is 4.79 Å². The molecule has 3 rings (SSSR count).